The third-order valence-corrected chi connectivity index (χ3v) is 4.34. The zero-order chi connectivity index (χ0) is 14.7. The highest BCUT2D eigenvalue weighted by molar-refractivity contribution is 8.00. The Balaban J connectivity index is 2.09. The van der Waals surface area contributed by atoms with Crippen LogP contribution < -0.4 is 0 Å². The second kappa shape index (κ2) is 6.23. The van der Waals surface area contributed by atoms with Crippen molar-refractivity contribution < 1.29 is 9.18 Å². The van der Waals surface area contributed by atoms with E-state index >= 15 is 0 Å². The summed E-state index contributed by atoms with van der Waals surface area (Å²) in [6.45, 7) is 6.02. The molecule has 0 atom stereocenters. The summed E-state index contributed by atoms with van der Waals surface area (Å²) in [5, 5.41) is 0. The van der Waals surface area contributed by atoms with Gasteiger partial charge in [0.25, 0.3) is 0 Å². The van der Waals surface area contributed by atoms with Gasteiger partial charge < -0.3 is 0 Å². The number of Topliss-reactive ketones (excluding diaryl/α,β-unsaturated/α-hetero) is 1. The van der Waals surface area contributed by atoms with E-state index in [1.807, 2.05) is 32.9 Å². The third-order valence-electron chi connectivity index (χ3n) is 3.32. The van der Waals surface area contributed by atoms with Crippen LogP contribution in [0, 0.1) is 26.6 Å². The summed E-state index contributed by atoms with van der Waals surface area (Å²) in [5.74, 6) is 0.222. The monoisotopic (exact) mass is 288 g/mol. The molecule has 2 aromatic carbocycles. The van der Waals surface area contributed by atoms with Gasteiger partial charge in [0.05, 0.1) is 5.75 Å². The molecule has 0 fully saturated rings. The number of ketones is 1. The van der Waals surface area contributed by atoms with Crippen LogP contribution in [0.3, 0.4) is 0 Å². The molecule has 0 spiro atoms. The van der Waals surface area contributed by atoms with Gasteiger partial charge in [-0.25, -0.2) is 4.39 Å². The smallest absolute Gasteiger partial charge is 0.173 e. The quantitative estimate of drug-likeness (QED) is 0.598. The van der Waals surface area contributed by atoms with Crippen LogP contribution in [0.25, 0.3) is 0 Å². The first-order valence-electron chi connectivity index (χ1n) is 6.47. The second-order valence-corrected chi connectivity index (χ2v) is 5.97. The summed E-state index contributed by atoms with van der Waals surface area (Å²) < 4.78 is 12.8. The van der Waals surface area contributed by atoms with Crippen molar-refractivity contribution in [2.24, 2.45) is 0 Å². The molecule has 0 aliphatic carbocycles. The van der Waals surface area contributed by atoms with Crippen molar-refractivity contribution in [1.29, 1.82) is 0 Å². The molecule has 2 rings (SSSR count). The standard InChI is InChI=1S/C17H17FOS/c1-11-8-13(3)16(9-12(11)2)17(19)10-20-15-6-4-14(18)5-7-15/h4-9H,10H2,1-3H3. The van der Waals surface area contributed by atoms with Gasteiger partial charge in [-0.1, -0.05) is 6.07 Å². The van der Waals surface area contributed by atoms with Crippen molar-refractivity contribution in [3.8, 4) is 0 Å². The number of carbonyl (C=O) groups excluding carboxylic acids is 1. The van der Waals surface area contributed by atoms with Gasteiger partial charge in [-0.3, -0.25) is 4.79 Å². The number of aryl methyl sites for hydroxylation is 3. The van der Waals surface area contributed by atoms with Gasteiger partial charge in [0.1, 0.15) is 5.82 Å². The van der Waals surface area contributed by atoms with Crippen LogP contribution in [-0.2, 0) is 0 Å². The van der Waals surface area contributed by atoms with Crippen LogP contribution >= 0.6 is 11.8 Å². The molecule has 3 heteroatoms. The first kappa shape index (κ1) is 14.8. The van der Waals surface area contributed by atoms with Crippen molar-refractivity contribution in [2.45, 2.75) is 25.7 Å². The highest BCUT2D eigenvalue weighted by atomic mass is 32.2. The van der Waals surface area contributed by atoms with Crippen LogP contribution in [0.4, 0.5) is 4.39 Å². The zero-order valence-corrected chi connectivity index (χ0v) is 12.7. The molecule has 1 nitrogen and oxygen atoms in total. The van der Waals surface area contributed by atoms with Crippen molar-refractivity contribution in [3.05, 3.63) is 64.5 Å². The van der Waals surface area contributed by atoms with Gasteiger partial charge in [0.2, 0.25) is 0 Å². The van der Waals surface area contributed by atoms with Crippen LogP contribution in [0.5, 0.6) is 0 Å². The molecule has 0 aliphatic rings. The minimum atomic E-state index is -0.259. The molecule has 0 bridgehead atoms. The fraction of sp³-hybridized carbons (Fsp3) is 0.235. The predicted octanol–water partition coefficient (Wildman–Crippen LogP) is 4.73. The number of hydrogen-bond acceptors (Lipinski definition) is 2. The minimum Gasteiger partial charge on any atom is -0.293 e. The number of halogens is 1. The topological polar surface area (TPSA) is 17.1 Å². The molecule has 104 valence electrons. The number of carbonyl (C=O) groups is 1. The molecule has 0 aliphatic heterocycles. The maximum absolute atomic E-state index is 12.8. The van der Waals surface area contributed by atoms with E-state index in [2.05, 4.69) is 0 Å². The molecule has 2 aromatic rings. The Bertz CT molecular complexity index is 632. The van der Waals surface area contributed by atoms with Crippen molar-refractivity contribution >= 4 is 17.5 Å². The molecule has 0 N–H and O–H groups in total. The summed E-state index contributed by atoms with van der Waals surface area (Å²) in [4.78, 5) is 13.2. The first-order chi connectivity index (χ1) is 9.47. The fourth-order valence-corrected chi connectivity index (χ4v) is 2.80. The summed E-state index contributed by atoms with van der Waals surface area (Å²) in [6.07, 6.45) is 0. The zero-order valence-electron chi connectivity index (χ0n) is 11.9. The molecule has 20 heavy (non-hydrogen) atoms. The summed E-state index contributed by atoms with van der Waals surface area (Å²) in [7, 11) is 0. The summed E-state index contributed by atoms with van der Waals surface area (Å²) >= 11 is 1.43. The van der Waals surface area contributed by atoms with E-state index in [0.717, 1.165) is 21.6 Å². The molecule has 0 saturated heterocycles. The van der Waals surface area contributed by atoms with Crippen molar-refractivity contribution in [2.75, 3.05) is 5.75 Å². The van der Waals surface area contributed by atoms with Crippen LogP contribution in [-0.4, -0.2) is 11.5 Å². The van der Waals surface area contributed by atoms with E-state index < -0.39 is 0 Å². The first-order valence-corrected chi connectivity index (χ1v) is 7.45. The number of benzene rings is 2. The number of hydrogen-bond donors (Lipinski definition) is 0. The van der Waals surface area contributed by atoms with Gasteiger partial charge in [-0.15, -0.1) is 11.8 Å². The van der Waals surface area contributed by atoms with E-state index in [4.69, 9.17) is 0 Å². The SMILES string of the molecule is Cc1cc(C)c(C(=O)CSc2ccc(F)cc2)cc1C. The van der Waals surface area contributed by atoms with E-state index in [-0.39, 0.29) is 11.6 Å². The van der Waals surface area contributed by atoms with Gasteiger partial charge in [0.15, 0.2) is 5.78 Å². The van der Waals surface area contributed by atoms with Gasteiger partial charge in [0, 0.05) is 10.5 Å². The molecule has 0 unspecified atom stereocenters. The number of rotatable bonds is 4. The Hall–Kier alpha value is -1.61. The van der Waals surface area contributed by atoms with Crippen molar-refractivity contribution in [3.63, 3.8) is 0 Å². The Labute approximate surface area is 123 Å². The largest absolute Gasteiger partial charge is 0.293 e. The fourth-order valence-electron chi connectivity index (χ4n) is 2.02. The van der Waals surface area contributed by atoms with E-state index in [1.54, 1.807) is 12.1 Å². The molecule has 0 aromatic heterocycles. The normalized spacial score (nSPS) is 10.6. The van der Waals surface area contributed by atoms with Crippen LogP contribution in [0.1, 0.15) is 27.0 Å². The molecular weight excluding hydrogens is 271 g/mol. The van der Waals surface area contributed by atoms with Crippen LogP contribution in [0.2, 0.25) is 0 Å². The average Bonchev–Trinajstić information content (AvgIpc) is 2.42. The molecule has 0 radical (unpaired) electrons. The number of thioether (sulfide) groups is 1. The Kier molecular flexibility index (Phi) is 4.61. The predicted molar refractivity (Wildman–Crippen MR) is 82.1 cm³/mol. The lowest BCUT2D eigenvalue weighted by molar-refractivity contribution is 0.102. The highest BCUT2D eigenvalue weighted by Gasteiger charge is 2.11. The van der Waals surface area contributed by atoms with Gasteiger partial charge in [-0.05, 0) is 67.8 Å². The van der Waals surface area contributed by atoms with Gasteiger partial charge >= 0.3 is 0 Å². The Morgan fingerprint density at radius 3 is 2.25 bits per heavy atom. The molecule has 0 saturated carbocycles. The highest BCUT2D eigenvalue weighted by Crippen LogP contribution is 2.22. The van der Waals surface area contributed by atoms with E-state index in [9.17, 15) is 9.18 Å². The molecular formula is C17H17FOS. The summed E-state index contributed by atoms with van der Waals surface area (Å²) in [6, 6.07) is 10.2. The average molecular weight is 288 g/mol. The molecule has 0 amide bonds. The lowest BCUT2D eigenvalue weighted by Crippen LogP contribution is -2.06. The van der Waals surface area contributed by atoms with Crippen molar-refractivity contribution in [1.82, 2.24) is 0 Å². The lowest BCUT2D eigenvalue weighted by Gasteiger charge is -2.09. The lowest BCUT2D eigenvalue weighted by atomic mass is 9.99. The Morgan fingerprint density at radius 2 is 1.60 bits per heavy atom. The van der Waals surface area contributed by atoms with E-state index in [0.29, 0.717) is 5.75 Å². The minimum absolute atomic E-state index is 0.111. The van der Waals surface area contributed by atoms with Crippen LogP contribution in [0.15, 0.2) is 41.3 Å². The van der Waals surface area contributed by atoms with Gasteiger partial charge in [-0.2, -0.15) is 0 Å². The summed E-state index contributed by atoms with van der Waals surface area (Å²) in [5.41, 5.74) is 4.12. The second-order valence-electron chi connectivity index (χ2n) is 4.92. The maximum Gasteiger partial charge on any atom is 0.173 e. The third kappa shape index (κ3) is 3.48. The molecule has 0 heterocycles. The maximum atomic E-state index is 12.8. The van der Waals surface area contributed by atoms with E-state index in [1.165, 1.54) is 29.5 Å². The Morgan fingerprint density at radius 1 is 1.00 bits per heavy atom.